The number of hydrogen-bond donors (Lipinski definition) is 2. The minimum absolute atomic E-state index is 0.317. The van der Waals surface area contributed by atoms with Crippen molar-refractivity contribution in [3.8, 4) is 5.69 Å². The van der Waals surface area contributed by atoms with Gasteiger partial charge in [-0.05, 0) is 58.7 Å². The normalized spacial score (nSPS) is 20.1. The van der Waals surface area contributed by atoms with Crippen molar-refractivity contribution in [2.75, 3.05) is 32.7 Å². The lowest BCUT2D eigenvalue weighted by atomic mass is 10.2. The summed E-state index contributed by atoms with van der Waals surface area (Å²) in [6.45, 7) is 15.9. The van der Waals surface area contributed by atoms with Gasteiger partial charge in [0.1, 0.15) is 0 Å². The molecule has 1 fully saturated rings. The number of aromatic nitrogens is 2. The fourth-order valence-electron chi connectivity index (χ4n) is 4.21. The molecule has 1 aliphatic heterocycles. The van der Waals surface area contributed by atoms with Gasteiger partial charge in [0.05, 0.1) is 30.1 Å². The summed E-state index contributed by atoms with van der Waals surface area (Å²) >= 11 is 0. The van der Waals surface area contributed by atoms with E-state index in [1.165, 1.54) is 0 Å². The van der Waals surface area contributed by atoms with Gasteiger partial charge >= 0.3 is 0 Å². The Morgan fingerprint density at radius 3 is 2.58 bits per heavy atom. The maximum absolute atomic E-state index is 5.82. The van der Waals surface area contributed by atoms with E-state index >= 15 is 0 Å². The highest BCUT2D eigenvalue weighted by Gasteiger charge is 2.21. The van der Waals surface area contributed by atoms with Crippen LogP contribution in [0.2, 0.25) is 0 Å². The number of nitrogens with zero attached hydrogens (tertiary/aromatic N) is 4. The standard InChI is InChI=1S/C24H38N6O/c1-6-25-24(26-12-9-13-29-16-20(4)31-21(5)17-29)27-15-22-10-7-8-11-23(22)30-19(3)14-18(2)28-30/h7-8,10-11,14,20-21H,6,9,12-13,15-17H2,1-5H3,(H2,25,26,27). The van der Waals surface area contributed by atoms with Crippen LogP contribution in [0.5, 0.6) is 0 Å². The third kappa shape index (κ3) is 6.80. The SMILES string of the molecule is CCNC(=NCc1ccccc1-n1nc(C)cc1C)NCCCN1CC(C)OC(C)C1. The van der Waals surface area contributed by atoms with Gasteiger partial charge in [0.15, 0.2) is 5.96 Å². The number of guanidine groups is 1. The van der Waals surface area contributed by atoms with Crippen LogP contribution in [0.1, 0.15) is 44.1 Å². The number of morpholine rings is 1. The second-order valence-electron chi connectivity index (χ2n) is 8.46. The molecule has 2 unspecified atom stereocenters. The second kappa shape index (κ2) is 11.3. The van der Waals surface area contributed by atoms with Crippen LogP contribution in [0.3, 0.4) is 0 Å². The number of aliphatic imine (C=N–C) groups is 1. The van der Waals surface area contributed by atoms with Crippen molar-refractivity contribution in [2.45, 2.75) is 59.8 Å². The Hall–Kier alpha value is -2.38. The molecule has 0 radical (unpaired) electrons. The van der Waals surface area contributed by atoms with E-state index in [0.29, 0.717) is 18.8 Å². The average Bonchev–Trinajstić information content (AvgIpc) is 3.06. The zero-order chi connectivity index (χ0) is 22.2. The van der Waals surface area contributed by atoms with Gasteiger partial charge in [-0.25, -0.2) is 9.67 Å². The van der Waals surface area contributed by atoms with Gasteiger partial charge in [0, 0.05) is 38.4 Å². The van der Waals surface area contributed by atoms with Gasteiger partial charge in [-0.15, -0.1) is 0 Å². The Bertz CT molecular complexity index is 852. The Balaban J connectivity index is 1.57. The molecule has 2 N–H and O–H groups in total. The molecular weight excluding hydrogens is 388 g/mol. The van der Waals surface area contributed by atoms with Crippen molar-refractivity contribution >= 4 is 5.96 Å². The molecule has 170 valence electrons. The molecule has 2 atom stereocenters. The van der Waals surface area contributed by atoms with E-state index in [1.807, 2.05) is 11.6 Å². The molecular formula is C24H38N6O. The van der Waals surface area contributed by atoms with E-state index in [4.69, 9.17) is 9.73 Å². The molecule has 2 aromatic rings. The summed E-state index contributed by atoms with van der Waals surface area (Å²) in [6, 6.07) is 10.4. The molecule has 0 spiro atoms. The largest absolute Gasteiger partial charge is 0.373 e. The predicted molar refractivity (Wildman–Crippen MR) is 127 cm³/mol. The molecule has 0 bridgehead atoms. The summed E-state index contributed by atoms with van der Waals surface area (Å²) in [7, 11) is 0. The zero-order valence-corrected chi connectivity index (χ0v) is 19.7. The van der Waals surface area contributed by atoms with Gasteiger partial charge in [-0.2, -0.15) is 5.10 Å². The van der Waals surface area contributed by atoms with Gasteiger partial charge in [-0.3, -0.25) is 4.90 Å². The zero-order valence-electron chi connectivity index (χ0n) is 19.7. The summed E-state index contributed by atoms with van der Waals surface area (Å²) < 4.78 is 7.83. The molecule has 7 nitrogen and oxygen atoms in total. The fourth-order valence-corrected chi connectivity index (χ4v) is 4.21. The highest BCUT2D eigenvalue weighted by atomic mass is 16.5. The Morgan fingerprint density at radius 1 is 1.16 bits per heavy atom. The molecule has 1 saturated heterocycles. The number of aryl methyl sites for hydroxylation is 2. The number of hydrogen-bond acceptors (Lipinski definition) is 4. The number of nitrogens with one attached hydrogen (secondary N) is 2. The molecule has 1 aliphatic rings. The molecule has 1 aromatic heterocycles. The quantitative estimate of drug-likeness (QED) is 0.386. The van der Waals surface area contributed by atoms with Crippen LogP contribution in [0.25, 0.3) is 5.69 Å². The van der Waals surface area contributed by atoms with Crippen molar-refractivity contribution in [1.29, 1.82) is 0 Å². The van der Waals surface area contributed by atoms with Gasteiger partial charge in [-0.1, -0.05) is 18.2 Å². The topological polar surface area (TPSA) is 66.7 Å². The van der Waals surface area contributed by atoms with E-state index < -0.39 is 0 Å². The number of ether oxygens (including phenoxy) is 1. The summed E-state index contributed by atoms with van der Waals surface area (Å²) in [5, 5.41) is 11.5. The summed E-state index contributed by atoms with van der Waals surface area (Å²) in [6.07, 6.45) is 1.71. The summed E-state index contributed by atoms with van der Waals surface area (Å²) in [5.74, 6) is 0.856. The lowest BCUT2D eigenvalue weighted by Crippen LogP contribution is -2.46. The lowest BCUT2D eigenvalue weighted by Gasteiger charge is -2.35. The third-order valence-corrected chi connectivity index (χ3v) is 5.42. The van der Waals surface area contributed by atoms with E-state index in [-0.39, 0.29) is 0 Å². The third-order valence-electron chi connectivity index (χ3n) is 5.42. The molecule has 0 aliphatic carbocycles. The molecule has 31 heavy (non-hydrogen) atoms. The average molecular weight is 427 g/mol. The minimum Gasteiger partial charge on any atom is -0.373 e. The van der Waals surface area contributed by atoms with Crippen LogP contribution in [-0.4, -0.2) is 65.6 Å². The van der Waals surface area contributed by atoms with Crippen LogP contribution in [-0.2, 0) is 11.3 Å². The van der Waals surface area contributed by atoms with Crippen LogP contribution >= 0.6 is 0 Å². The Labute approximate surface area is 186 Å². The fraction of sp³-hybridized carbons (Fsp3) is 0.583. The summed E-state index contributed by atoms with van der Waals surface area (Å²) in [5.41, 5.74) is 4.39. The van der Waals surface area contributed by atoms with Crippen molar-refractivity contribution in [1.82, 2.24) is 25.3 Å². The molecule has 7 heteroatoms. The smallest absolute Gasteiger partial charge is 0.191 e. The van der Waals surface area contributed by atoms with Crippen molar-refractivity contribution in [3.63, 3.8) is 0 Å². The highest BCUT2D eigenvalue weighted by molar-refractivity contribution is 5.79. The first-order chi connectivity index (χ1) is 15.0. The van der Waals surface area contributed by atoms with E-state index in [1.54, 1.807) is 0 Å². The van der Waals surface area contributed by atoms with Crippen molar-refractivity contribution in [3.05, 3.63) is 47.3 Å². The van der Waals surface area contributed by atoms with Crippen LogP contribution in [0.4, 0.5) is 0 Å². The molecule has 1 aromatic carbocycles. The monoisotopic (exact) mass is 426 g/mol. The van der Waals surface area contributed by atoms with Gasteiger partial charge < -0.3 is 15.4 Å². The van der Waals surface area contributed by atoms with E-state index in [2.05, 4.69) is 78.7 Å². The molecule has 0 saturated carbocycles. The van der Waals surface area contributed by atoms with Crippen LogP contribution < -0.4 is 10.6 Å². The first-order valence-corrected chi connectivity index (χ1v) is 11.5. The lowest BCUT2D eigenvalue weighted by molar-refractivity contribution is -0.0679. The number of rotatable bonds is 8. The van der Waals surface area contributed by atoms with Gasteiger partial charge in [0.2, 0.25) is 0 Å². The first-order valence-electron chi connectivity index (χ1n) is 11.5. The molecule has 3 rings (SSSR count). The molecule has 2 heterocycles. The predicted octanol–water partition coefficient (Wildman–Crippen LogP) is 3.04. The van der Waals surface area contributed by atoms with E-state index in [0.717, 1.165) is 67.7 Å². The van der Waals surface area contributed by atoms with Crippen molar-refractivity contribution < 1.29 is 4.74 Å². The Kier molecular flexibility index (Phi) is 8.49. The number of para-hydroxylation sites is 1. The second-order valence-corrected chi connectivity index (χ2v) is 8.46. The maximum Gasteiger partial charge on any atom is 0.191 e. The van der Waals surface area contributed by atoms with Gasteiger partial charge in [0.25, 0.3) is 0 Å². The maximum atomic E-state index is 5.82. The Morgan fingerprint density at radius 2 is 1.90 bits per heavy atom. The summed E-state index contributed by atoms with van der Waals surface area (Å²) in [4.78, 5) is 7.33. The van der Waals surface area contributed by atoms with Crippen LogP contribution in [0.15, 0.2) is 35.3 Å². The van der Waals surface area contributed by atoms with E-state index in [9.17, 15) is 0 Å². The highest BCUT2D eigenvalue weighted by Crippen LogP contribution is 2.18. The minimum atomic E-state index is 0.317. The number of benzene rings is 1. The van der Waals surface area contributed by atoms with Crippen LogP contribution in [0, 0.1) is 13.8 Å². The first kappa shape index (κ1) is 23.3. The van der Waals surface area contributed by atoms with Crippen molar-refractivity contribution in [2.24, 2.45) is 4.99 Å². The molecule has 0 amide bonds.